The Morgan fingerprint density at radius 1 is 1.10 bits per heavy atom. The smallest absolute Gasteiger partial charge is 0.146 e. The summed E-state index contributed by atoms with van der Waals surface area (Å²) in [6.07, 6.45) is 17.8. The third-order valence-corrected chi connectivity index (χ3v) is 7.04. The summed E-state index contributed by atoms with van der Waals surface area (Å²) in [5, 5.41) is 11.7. The van der Waals surface area contributed by atoms with E-state index in [9.17, 15) is 5.11 Å². The number of allylic oxidation sites excluding steroid dienone is 6. The van der Waals surface area contributed by atoms with Crippen molar-refractivity contribution in [1.29, 1.82) is 0 Å². The van der Waals surface area contributed by atoms with Gasteiger partial charge in [0, 0.05) is 23.7 Å². The molecule has 2 aliphatic rings. The molecule has 2 aromatic rings. The second kappa shape index (κ2) is 9.61. The molecule has 4 rings (SSSR count). The van der Waals surface area contributed by atoms with Gasteiger partial charge in [-0.2, -0.15) is 0 Å². The molecule has 0 amide bonds. The van der Waals surface area contributed by atoms with Crippen LogP contribution in [0.15, 0.2) is 66.4 Å². The number of aromatic nitrogens is 1. The molecule has 158 valence electrons. The van der Waals surface area contributed by atoms with Crippen LogP contribution >= 0.6 is 0 Å². The molecule has 0 saturated carbocycles. The minimum atomic E-state index is 0.343. The second-order valence-corrected chi connectivity index (χ2v) is 8.97. The lowest BCUT2D eigenvalue weighted by Crippen LogP contribution is -2.24. The van der Waals surface area contributed by atoms with Gasteiger partial charge < -0.3 is 5.11 Å². The molecule has 3 heteroatoms. The van der Waals surface area contributed by atoms with Crippen LogP contribution in [0.4, 0.5) is 0 Å². The number of phenols is 1. The Bertz CT molecular complexity index is 958. The van der Waals surface area contributed by atoms with Crippen LogP contribution in [-0.2, 0) is 6.54 Å². The van der Waals surface area contributed by atoms with Crippen molar-refractivity contribution in [2.75, 3.05) is 13.1 Å². The first kappa shape index (κ1) is 20.9. The van der Waals surface area contributed by atoms with Crippen LogP contribution in [0, 0.1) is 17.8 Å². The number of fused-ring (bicyclic) bond motifs is 1. The maximum Gasteiger partial charge on any atom is 0.146 e. The summed E-state index contributed by atoms with van der Waals surface area (Å²) in [5.74, 6) is 2.36. The molecule has 0 spiro atoms. The van der Waals surface area contributed by atoms with Crippen molar-refractivity contribution in [2.45, 2.75) is 46.1 Å². The molecule has 1 aromatic heterocycles. The fraction of sp³-hybridized carbons (Fsp3) is 0.444. The number of nitrogens with zero attached hydrogens (tertiary/aromatic N) is 2. The van der Waals surface area contributed by atoms with E-state index in [1.165, 1.54) is 25.7 Å². The Morgan fingerprint density at radius 2 is 1.97 bits per heavy atom. The number of aromatic hydroxyl groups is 1. The van der Waals surface area contributed by atoms with E-state index in [-0.39, 0.29) is 0 Å². The summed E-state index contributed by atoms with van der Waals surface area (Å²) >= 11 is 0. The van der Waals surface area contributed by atoms with Crippen molar-refractivity contribution in [3.05, 3.63) is 72.0 Å². The predicted octanol–water partition coefficient (Wildman–Crippen LogP) is 6.26. The van der Waals surface area contributed by atoms with Gasteiger partial charge in [-0.15, -0.1) is 0 Å². The third-order valence-electron chi connectivity index (χ3n) is 7.04. The van der Waals surface area contributed by atoms with E-state index >= 15 is 0 Å². The van der Waals surface area contributed by atoms with Gasteiger partial charge in [-0.25, -0.2) is 0 Å². The van der Waals surface area contributed by atoms with Gasteiger partial charge in [-0.05, 0) is 62.6 Å². The number of hydrogen-bond acceptors (Lipinski definition) is 3. The van der Waals surface area contributed by atoms with Crippen LogP contribution in [0.25, 0.3) is 10.9 Å². The highest BCUT2D eigenvalue weighted by Gasteiger charge is 2.26. The van der Waals surface area contributed by atoms with Crippen LogP contribution in [0.3, 0.4) is 0 Å². The fourth-order valence-corrected chi connectivity index (χ4v) is 4.98. The minimum absolute atomic E-state index is 0.343. The summed E-state index contributed by atoms with van der Waals surface area (Å²) in [6, 6.07) is 8.05. The van der Waals surface area contributed by atoms with Crippen LogP contribution < -0.4 is 0 Å². The molecule has 0 radical (unpaired) electrons. The molecule has 3 unspecified atom stereocenters. The Labute approximate surface area is 180 Å². The quantitative estimate of drug-likeness (QED) is 0.641. The van der Waals surface area contributed by atoms with Gasteiger partial charge in [0.1, 0.15) is 11.3 Å². The molecule has 1 aliphatic heterocycles. The summed E-state index contributed by atoms with van der Waals surface area (Å²) in [4.78, 5) is 6.89. The third kappa shape index (κ3) is 4.67. The van der Waals surface area contributed by atoms with E-state index in [0.717, 1.165) is 42.4 Å². The molecule has 1 aliphatic carbocycles. The number of benzene rings is 1. The first-order valence-electron chi connectivity index (χ1n) is 11.5. The monoisotopic (exact) mass is 402 g/mol. The Morgan fingerprint density at radius 3 is 2.83 bits per heavy atom. The minimum Gasteiger partial charge on any atom is -0.505 e. The summed E-state index contributed by atoms with van der Waals surface area (Å²) in [6.45, 7) is 7.69. The molecule has 1 fully saturated rings. The molecular formula is C27H34N2O. The van der Waals surface area contributed by atoms with Crippen molar-refractivity contribution in [1.82, 2.24) is 9.88 Å². The lowest BCUT2D eigenvalue weighted by atomic mass is 9.80. The van der Waals surface area contributed by atoms with Crippen LogP contribution in [0.5, 0.6) is 5.75 Å². The lowest BCUT2D eigenvalue weighted by molar-refractivity contribution is 0.268. The number of likely N-dealkylation sites (tertiary alicyclic amines) is 1. The largest absolute Gasteiger partial charge is 0.505 e. The van der Waals surface area contributed by atoms with Gasteiger partial charge in [0.2, 0.25) is 0 Å². The zero-order chi connectivity index (χ0) is 20.9. The summed E-state index contributed by atoms with van der Waals surface area (Å²) < 4.78 is 0. The molecule has 3 nitrogen and oxygen atoms in total. The predicted molar refractivity (Wildman–Crippen MR) is 125 cm³/mol. The highest BCUT2D eigenvalue weighted by Crippen LogP contribution is 2.35. The Balaban J connectivity index is 1.43. The normalized spacial score (nSPS) is 25.1. The molecule has 3 atom stereocenters. The Hall–Kier alpha value is -2.39. The van der Waals surface area contributed by atoms with Crippen molar-refractivity contribution >= 4 is 10.9 Å². The molecule has 0 bridgehead atoms. The standard InChI is InChI=1S/C27H34N2O/c1-3-21-8-5-4-6-9-24(21)18-23-14-17-29(16-13-20(23)2)19-25-12-11-22-10-7-15-28-26(22)27(25)30/h4-12,15,20-21,23,30H,3,13-14,16-19H2,1-2H3. The number of phenolic OH excluding ortho intramolecular Hbond substituents is 1. The van der Waals surface area contributed by atoms with Crippen LogP contribution in [-0.4, -0.2) is 28.1 Å². The van der Waals surface area contributed by atoms with E-state index in [1.807, 2.05) is 12.1 Å². The van der Waals surface area contributed by atoms with E-state index in [0.29, 0.717) is 17.2 Å². The molecular weight excluding hydrogens is 368 g/mol. The summed E-state index contributed by atoms with van der Waals surface area (Å²) in [7, 11) is 0. The van der Waals surface area contributed by atoms with Gasteiger partial charge in [0.15, 0.2) is 0 Å². The zero-order valence-corrected chi connectivity index (χ0v) is 18.3. The Kier molecular flexibility index (Phi) is 6.69. The van der Waals surface area contributed by atoms with E-state index < -0.39 is 0 Å². The van der Waals surface area contributed by atoms with Crippen LogP contribution in [0.2, 0.25) is 0 Å². The van der Waals surface area contributed by atoms with Crippen molar-refractivity contribution in [3.8, 4) is 5.75 Å². The topological polar surface area (TPSA) is 36.4 Å². The van der Waals surface area contributed by atoms with Gasteiger partial charge in [-0.3, -0.25) is 9.88 Å². The SMILES string of the molecule is CCC1C=CC=CC=C1CC1CCN(Cc2ccc3cccnc3c2O)CCC1C. The van der Waals surface area contributed by atoms with E-state index in [4.69, 9.17) is 0 Å². The molecule has 2 heterocycles. The second-order valence-electron chi connectivity index (χ2n) is 8.97. The maximum absolute atomic E-state index is 10.7. The number of pyridine rings is 1. The number of hydrogen-bond donors (Lipinski definition) is 1. The van der Waals surface area contributed by atoms with Crippen molar-refractivity contribution in [3.63, 3.8) is 0 Å². The van der Waals surface area contributed by atoms with Gasteiger partial charge in [-0.1, -0.05) is 68.0 Å². The average Bonchev–Trinajstić information content (AvgIpc) is 3.09. The highest BCUT2D eigenvalue weighted by atomic mass is 16.3. The lowest BCUT2D eigenvalue weighted by Gasteiger charge is -2.25. The first-order valence-corrected chi connectivity index (χ1v) is 11.5. The van der Waals surface area contributed by atoms with E-state index in [1.54, 1.807) is 11.8 Å². The van der Waals surface area contributed by atoms with Gasteiger partial charge in [0.25, 0.3) is 0 Å². The molecule has 1 N–H and O–H groups in total. The molecule has 1 aromatic carbocycles. The fourth-order valence-electron chi connectivity index (χ4n) is 4.98. The highest BCUT2D eigenvalue weighted by molar-refractivity contribution is 5.85. The summed E-state index contributed by atoms with van der Waals surface area (Å²) in [5.41, 5.74) is 3.29. The maximum atomic E-state index is 10.7. The first-order chi connectivity index (χ1) is 14.7. The van der Waals surface area contributed by atoms with Crippen molar-refractivity contribution < 1.29 is 5.11 Å². The zero-order valence-electron chi connectivity index (χ0n) is 18.3. The average molecular weight is 403 g/mol. The van der Waals surface area contributed by atoms with Crippen molar-refractivity contribution in [2.24, 2.45) is 17.8 Å². The molecule has 1 saturated heterocycles. The van der Waals surface area contributed by atoms with Gasteiger partial charge >= 0.3 is 0 Å². The molecule has 30 heavy (non-hydrogen) atoms. The van der Waals surface area contributed by atoms with E-state index in [2.05, 4.69) is 66.2 Å². The number of rotatable bonds is 5. The van der Waals surface area contributed by atoms with Crippen LogP contribution in [0.1, 0.15) is 45.1 Å². The van der Waals surface area contributed by atoms with Gasteiger partial charge in [0.05, 0.1) is 0 Å².